The van der Waals surface area contributed by atoms with Crippen LogP contribution in [-0.2, 0) is 9.59 Å². The second-order valence-electron chi connectivity index (χ2n) is 5.06. The monoisotopic (exact) mass is 300 g/mol. The minimum atomic E-state index is -1.84. The second-order valence-corrected chi connectivity index (χ2v) is 5.06. The zero-order chi connectivity index (χ0) is 16.5. The van der Waals surface area contributed by atoms with Gasteiger partial charge >= 0.3 is 11.9 Å². The van der Waals surface area contributed by atoms with Crippen LogP contribution in [-0.4, -0.2) is 44.6 Å². The smallest absolute Gasteiger partial charge is 0.328 e. The van der Waals surface area contributed by atoms with Crippen molar-refractivity contribution in [3.8, 4) is 0 Å². The van der Waals surface area contributed by atoms with Gasteiger partial charge in [0.05, 0.1) is 6.61 Å². The summed E-state index contributed by atoms with van der Waals surface area (Å²) in [5, 5.41) is 38.0. The maximum Gasteiger partial charge on any atom is 0.328 e. The Labute approximate surface area is 124 Å². The molecule has 0 rings (SSSR count). The Morgan fingerprint density at radius 3 is 1.81 bits per heavy atom. The Balaban J connectivity index is 5.78. The van der Waals surface area contributed by atoms with E-state index in [4.69, 9.17) is 10.2 Å². The van der Waals surface area contributed by atoms with Crippen LogP contribution >= 0.6 is 0 Å². The van der Waals surface area contributed by atoms with Crippen molar-refractivity contribution in [3.63, 3.8) is 0 Å². The minimum Gasteiger partial charge on any atom is -0.478 e. The highest BCUT2D eigenvalue weighted by atomic mass is 16.4. The molecule has 0 spiro atoms. The third kappa shape index (κ3) is 5.32. The van der Waals surface area contributed by atoms with Gasteiger partial charge in [-0.25, -0.2) is 9.59 Å². The molecule has 1 unspecified atom stereocenters. The highest BCUT2D eigenvalue weighted by Gasteiger charge is 2.45. The Morgan fingerprint density at radius 2 is 1.52 bits per heavy atom. The van der Waals surface area contributed by atoms with Gasteiger partial charge < -0.3 is 20.4 Å². The molecule has 0 saturated carbocycles. The summed E-state index contributed by atoms with van der Waals surface area (Å²) in [4.78, 5) is 21.4. The summed E-state index contributed by atoms with van der Waals surface area (Å²) in [6, 6.07) is 0. The van der Waals surface area contributed by atoms with E-state index in [0.717, 1.165) is 37.1 Å². The second kappa shape index (κ2) is 8.59. The molecule has 21 heavy (non-hydrogen) atoms. The van der Waals surface area contributed by atoms with Crippen molar-refractivity contribution in [3.05, 3.63) is 24.3 Å². The molecule has 0 aliphatic rings. The fourth-order valence-electron chi connectivity index (χ4n) is 2.30. The number of carboxylic acids is 2. The van der Waals surface area contributed by atoms with Crippen LogP contribution in [0.3, 0.4) is 0 Å². The number of hydrogen-bond acceptors (Lipinski definition) is 4. The molecule has 0 saturated heterocycles. The molecule has 0 aromatic rings. The molecule has 6 heteroatoms. The molecule has 0 bridgehead atoms. The lowest BCUT2D eigenvalue weighted by molar-refractivity contribution is -0.132. The fraction of sp³-hybridized carbons (Fsp3) is 0.600. The molecular formula is C15H24O6. The van der Waals surface area contributed by atoms with Crippen molar-refractivity contribution in [2.24, 2.45) is 5.41 Å². The first-order chi connectivity index (χ1) is 9.76. The van der Waals surface area contributed by atoms with E-state index >= 15 is 0 Å². The number of rotatable bonds is 10. The maximum absolute atomic E-state index is 10.8. The van der Waals surface area contributed by atoms with Crippen molar-refractivity contribution in [2.75, 3.05) is 6.61 Å². The zero-order valence-electron chi connectivity index (χ0n) is 12.5. The molecule has 0 aromatic heterocycles. The molecule has 0 amide bonds. The highest BCUT2D eigenvalue weighted by Crippen LogP contribution is 2.42. The quantitative estimate of drug-likeness (QED) is 0.455. The normalized spacial score (nSPS) is 17.7. The van der Waals surface area contributed by atoms with Crippen LogP contribution in [0.15, 0.2) is 24.3 Å². The lowest BCUT2D eigenvalue weighted by Gasteiger charge is -2.43. The van der Waals surface area contributed by atoms with Gasteiger partial charge in [0.1, 0.15) is 5.60 Å². The Kier molecular flexibility index (Phi) is 7.91. The first kappa shape index (κ1) is 19.3. The average molecular weight is 300 g/mol. The summed E-state index contributed by atoms with van der Waals surface area (Å²) in [5.41, 5.74) is -2.87. The lowest BCUT2D eigenvalue weighted by Crippen LogP contribution is -2.48. The van der Waals surface area contributed by atoms with Gasteiger partial charge in [-0.2, -0.15) is 0 Å². The molecule has 120 valence electrons. The summed E-state index contributed by atoms with van der Waals surface area (Å²) in [6.07, 6.45) is 5.96. The third-order valence-corrected chi connectivity index (χ3v) is 3.80. The maximum atomic E-state index is 10.8. The summed E-state index contributed by atoms with van der Waals surface area (Å²) < 4.78 is 0. The van der Waals surface area contributed by atoms with Crippen molar-refractivity contribution >= 4 is 11.9 Å². The van der Waals surface area contributed by atoms with E-state index in [1.54, 1.807) is 6.92 Å². The molecule has 0 radical (unpaired) electrons. The lowest BCUT2D eigenvalue weighted by atomic mass is 9.67. The van der Waals surface area contributed by atoms with Gasteiger partial charge in [0.25, 0.3) is 0 Å². The van der Waals surface area contributed by atoms with E-state index in [9.17, 15) is 19.8 Å². The van der Waals surface area contributed by atoms with Gasteiger partial charge in [-0.15, -0.1) is 0 Å². The van der Waals surface area contributed by atoms with Crippen molar-refractivity contribution in [1.29, 1.82) is 0 Å². The first-order valence-corrected chi connectivity index (χ1v) is 6.94. The summed E-state index contributed by atoms with van der Waals surface area (Å²) in [5.74, 6) is -2.51. The average Bonchev–Trinajstić information content (AvgIpc) is 2.44. The number of unbranched alkanes of at least 4 members (excludes halogenated alkanes) is 1. The number of carbonyl (C=O) groups is 2. The van der Waals surface area contributed by atoms with E-state index < -0.39 is 23.0 Å². The molecule has 0 aliphatic heterocycles. The van der Waals surface area contributed by atoms with Gasteiger partial charge in [-0.3, -0.25) is 0 Å². The molecule has 0 aromatic carbocycles. The molecule has 0 fully saturated rings. The summed E-state index contributed by atoms with van der Waals surface area (Å²) >= 11 is 0. The largest absolute Gasteiger partial charge is 0.478 e. The number of carboxylic acid groups (broad SMARTS) is 2. The molecule has 0 heterocycles. The fourth-order valence-corrected chi connectivity index (χ4v) is 2.30. The SMILES string of the molecule is CCCCC(CC)(CO)C(O)(C=CC(=O)O)C=CC(=O)O. The van der Waals surface area contributed by atoms with Crippen molar-refractivity contribution in [2.45, 2.75) is 45.1 Å². The van der Waals surface area contributed by atoms with E-state index in [1.807, 2.05) is 6.92 Å². The Hall–Kier alpha value is -1.66. The molecule has 1 atom stereocenters. The standard InChI is InChI=1S/C15H24O6/c1-3-5-8-14(4-2,11-16)15(21,9-6-12(17)18)10-7-13(19)20/h6-7,9-10,16,21H,3-5,8,11H2,1-2H3,(H,17,18)(H,19,20). The van der Waals surface area contributed by atoms with Crippen LogP contribution in [0.1, 0.15) is 39.5 Å². The van der Waals surface area contributed by atoms with Crippen LogP contribution in [0.25, 0.3) is 0 Å². The molecular weight excluding hydrogens is 276 g/mol. The van der Waals surface area contributed by atoms with Gasteiger partial charge in [0, 0.05) is 17.6 Å². The number of aliphatic hydroxyl groups is 2. The predicted octanol–water partition coefficient (Wildman–Crippen LogP) is 1.58. The van der Waals surface area contributed by atoms with E-state index in [-0.39, 0.29) is 6.61 Å². The van der Waals surface area contributed by atoms with Crippen LogP contribution in [0.4, 0.5) is 0 Å². The van der Waals surface area contributed by atoms with E-state index in [2.05, 4.69) is 0 Å². The highest BCUT2D eigenvalue weighted by molar-refractivity contribution is 5.81. The van der Waals surface area contributed by atoms with Gasteiger partial charge in [-0.05, 0) is 25.0 Å². The molecule has 6 nitrogen and oxygen atoms in total. The van der Waals surface area contributed by atoms with Gasteiger partial charge in [0.2, 0.25) is 0 Å². The van der Waals surface area contributed by atoms with Gasteiger partial charge in [0.15, 0.2) is 0 Å². The van der Waals surface area contributed by atoms with Crippen LogP contribution < -0.4 is 0 Å². The van der Waals surface area contributed by atoms with Crippen LogP contribution in [0, 0.1) is 5.41 Å². The number of aliphatic carboxylic acids is 2. The predicted molar refractivity (Wildman–Crippen MR) is 77.8 cm³/mol. The minimum absolute atomic E-state index is 0.369. The zero-order valence-corrected chi connectivity index (χ0v) is 12.5. The third-order valence-electron chi connectivity index (χ3n) is 3.80. The Morgan fingerprint density at radius 1 is 1.05 bits per heavy atom. The molecule has 4 N–H and O–H groups in total. The Bertz CT molecular complexity index is 382. The van der Waals surface area contributed by atoms with Gasteiger partial charge in [-0.1, -0.05) is 26.7 Å². The van der Waals surface area contributed by atoms with E-state index in [1.165, 1.54) is 0 Å². The van der Waals surface area contributed by atoms with Crippen molar-refractivity contribution < 1.29 is 30.0 Å². The first-order valence-electron chi connectivity index (χ1n) is 6.94. The number of aliphatic hydroxyl groups excluding tert-OH is 1. The topological polar surface area (TPSA) is 115 Å². The van der Waals surface area contributed by atoms with Crippen LogP contribution in [0.2, 0.25) is 0 Å². The van der Waals surface area contributed by atoms with E-state index in [0.29, 0.717) is 12.8 Å². The molecule has 0 aliphatic carbocycles. The number of hydrogen-bond donors (Lipinski definition) is 4. The summed E-state index contributed by atoms with van der Waals surface area (Å²) in [7, 11) is 0. The summed E-state index contributed by atoms with van der Waals surface area (Å²) in [6.45, 7) is 3.34. The van der Waals surface area contributed by atoms with Crippen LogP contribution in [0.5, 0.6) is 0 Å². The van der Waals surface area contributed by atoms with Crippen molar-refractivity contribution in [1.82, 2.24) is 0 Å².